The first-order valence-electron chi connectivity index (χ1n) is 6.23. The van der Waals surface area contributed by atoms with E-state index in [1.54, 1.807) is 0 Å². The molecule has 2 aromatic carbocycles. The van der Waals surface area contributed by atoms with Gasteiger partial charge < -0.3 is 9.52 Å². The highest BCUT2D eigenvalue weighted by molar-refractivity contribution is 6.31. The normalized spacial score (nSPS) is 12.8. The smallest absolute Gasteiger partial charge is 0.134 e. The first kappa shape index (κ1) is 13.2. The third-order valence-electron chi connectivity index (χ3n) is 3.29. The summed E-state index contributed by atoms with van der Waals surface area (Å²) in [5.74, 6) is -0.367. The summed E-state index contributed by atoms with van der Waals surface area (Å²) in [6, 6.07) is 11.6. The predicted molar refractivity (Wildman–Crippen MR) is 76.3 cm³/mol. The van der Waals surface area contributed by atoms with E-state index in [1.165, 1.54) is 24.5 Å². The van der Waals surface area contributed by atoms with Gasteiger partial charge >= 0.3 is 0 Å². The third-order valence-corrected chi connectivity index (χ3v) is 3.66. The second-order valence-corrected chi connectivity index (χ2v) is 5.05. The van der Waals surface area contributed by atoms with Crippen molar-refractivity contribution in [3.8, 4) is 0 Å². The number of hydrogen-bond donors (Lipinski definition) is 1. The van der Waals surface area contributed by atoms with Gasteiger partial charge in [0.25, 0.3) is 0 Å². The molecular formula is C16H12ClFO2. The second kappa shape index (κ2) is 5.27. The third kappa shape index (κ3) is 2.42. The Hall–Kier alpha value is -1.84. The van der Waals surface area contributed by atoms with Crippen molar-refractivity contribution in [3.05, 3.63) is 70.7 Å². The van der Waals surface area contributed by atoms with E-state index in [2.05, 4.69) is 0 Å². The Kier molecular flexibility index (Phi) is 3.47. The highest BCUT2D eigenvalue weighted by atomic mass is 35.5. The average Bonchev–Trinajstić information content (AvgIpc) is 2.87. The summed E-state index contributed by atoms with van der Waals surface area (Å²) in [4.78, 5) is 0. The van der Waals surface area contributed by atoms with Gasteiger partial charge in [0.2, 0.25) is 0 Å². The van der Waals surface area contributed by atoms with Crippen LogP contribution in [-0.4, -0.2) is 5.11 Å². The van der Waals surface area contributed by atoms with E-state index in [9.17, 15) is 9.50 Å². The van der Waals surface area contributed by atoms with Gasteiger partial charge in [0.05, 0.1) is 12.4 Å². The van der Waals surface area contributed by atoms with Crippen LogP contribution >= 0.6 is 11.6 Å². The zero-order valence-corrected chi connectivity index (χ0v) is 11.3. The maximum absolute atomic E-state index is 13.2. The number of fused-ring (bicyclic) bond motifs is 1. The Bertz CT molecular complexity index is 751. The fourth-order valence-corrected chi connectivity index (χ4v) is 2.47. The molecule has 102 valence electrons. The van der Waals surface area contributed by atoms with Gasteiger partial charge in [0, 0.05) is 22.4 Å². The molecule has 3 rings (SSSR count). The molecule has 4 heteroatoms. The summed E-state index contributed by atoms with van der Waals surface area (Å²) in [7, 11) is 0. The number of para-hydroxylation sites is 1. The zero-order valence-electron chi connectivity index (χ0n) is 10.5. The molecule has 1 unspecified atom stereocenters. The van der Waals surface area contributed by atoms with Gasteiger partial charge in [-0.2, -0.15) is 0 Å². The van der Waals surface area contributed by atoms with Crippen molar-refractivity contribution in [2.24, 2.45) is 0 Å². The minimum Gasteiger partial charge on any atom is -0.464 e. The second-order valence-electron chi connectivity index (χ2n) is 4.64. The van der Waals surface area contributed by atoms with Crippen LogP contribution in [0.4, 0.5) is 4.39 Å². The summed E-state index contributed by atoms with van der Waals surface area (Å²) >= 11 is 6.02. The molecule has 0 aliphatic rings. The lowest BCUT2D eigenvalue weighted by Gasteiger charge is -2.10. The number of furan rings is 1. The summed E-state index contributed by atoms with van der Waals surface area (Å²) < 4.78 is 18.6. The van der Waals surface area contributed by atoms with Crippen LogP contribution in [0.25, 0.3) is 11.0 Å². The molecule has 1 heterocycles. The zero-order chi connectivity index (χ0) is 14.1. The molecule has 1 aromatic heterocycles. The van der Waals surface area contributed by atoms with Gasteiger partial charge in [-0.05, 0) is 29.8 Å². The standard InChI is InChI=1S/C16H12ClFO2/c17-14-6-5-11(18)7-10(14)8-15(19)13-9-20-16-4-2-1-3-12(13)16/h1-7,9,15,19H,8H2. The van der Waals surface area contributed by atoms with Crippen LogP contribution in [0.5, 0.6) is 0 Å². The van der Waals surface area contributed by atoms with E-state index in [0.717, 1.165) is 5.39 Å². The predicted octanol–water partition coefficient (Wildman–Crippen LogP) is 4.50. The summed E-state index contributed by atoms with van der Waals surface area (Å²) in [6.07, 6.45) is 0.973. The van der Waals surface area contributed by atoms with Gasteiger partial charge in [-0.15, -0.1) is 0 Å². The number of aliphatic hydroxyl groups is 1. The summed E-state index contributed by atoms with van der Waals surface area (Å²) in [5, 5.41) is 11.6. The summed E-state index contributed by atoms with van der Waals surface area (Å²) in [6.45, 7) is 0. The lowest BCUT2D eigenvalue weighted by molar-refractivity contribution is 0.179. The number of aliphatic hydroxyl groups excluding tert-OH is 1. The molecule has 0 spiro atoms. The van der Waals surface area contributed by atoms with E-state index in [-0.39, 0.29) is 12.2 Å². The Balaban J connectivity index is 1.93. The van der Waals surface area contributed by atoms with Crippen LogP contribution in [0, 0.1) is 5.82 Å². The van der Waals surface area contributed by atoms with Crippen LogP contribution < -0.4 is 0 Å². The first-order chi connectivity index (χ1) is 9.65. The SMILES string of the molecule is OC(Cc1cc(F)ccc1Cl)c1coc2ccccc12. The van der Waals surface area contributed by atoms with E-state index < -0.39 is 6.10 Å². The molecule has 0 radical (unpaired) electrons. The number of halogens is 2. The topological polar surface area (TPSA) is 33.4 Å². The Morgan fingerprint density at radius 2 is 2.00 bits per heavy atom. The molecule has 0 saturated heterocycles. The molecule has 3 aromatic rings. The van der Waals surface area contributed by atoms with E-state index in [0.29, 0.717) is 21.7 Å². The molecule has 0 aliphatic heterocycles. The van der Waals surface area contributed by atoms with E-state index in [4.69, 9.17) is 16.0 Å². The highest BCUT2D eigenvalue weighted by Crippen LogP contribution is 2.30. The van der Waals surface area contributed by atoms with Gasteiger partial charge in [0.1, 0.15) is 11.4 Å². The van der Waals surface area contributed by atoms with Gasteiger partial charge in [-0.3, -0.25) is 0 Å². The molecule has 20 heavy (non-hydrogen) atoms. The van der Waals surface area contributed by atoms with Crippen LogP contribution in [0.3, 0.4) is 0 Å². The lowest BCUT2D eigenvalue weighted by atomic mass is 10.0. The highest BCUT2D eigenvalue weighted by Gasteiger charge is 2.16. The Labute approximate surface area is 120 Å². The minimum absolute atomic E-state index is 0.236. The molecule has 1 atom stereocenters. The van der Waals surface area contributed by atoms with Crippen LogP contribution in [0.2, 0.25) is 5.02 Å². The maximum Gasteiger partial charge on any atom is 0.134 e. The molecule has 0 bridgehead atoms. The Morgan fingerprint density at radius 1 is 1.20 bits per heavy atom. The Morgan fingerprint density at radius 3 is 2.85 bits per heavy atom. The largest absolute Gasteiger partial charge is 0.464 e. The van der Waals surface area contributed by atoms with Crippen molar-refractivity contribution >= 4 is 22.6 Å². The number of benzene rings is 2. The van der Waals surface area contributed by atoms with Crippen molar-refractivity contribution in [2.45, 2.75) is 12.5 Å². The van der Waals surface area contributed by atoms with Crippen LogP contribution in [0.15, 0.2) is 53.1 Å². The molecule has 0 saturated carbocycles. The van der Waals surface area contributed by atoms with Crippen molar-refractivity contribution < 1.29 is 13.9 Å². The lowest BCUT2D eigenvalue weighted by Crippen LogP contribution is -2.02. The first-order valence-corrected chi connectivity index (χ1v) is 6.61. The molecule has 0 amide bonds. The quantitative estimate of drug-likeness (QED) is 0.770. The van der Waals surface area contributed by atoms with Gasteiger partial charge in [-0.1, -0.05) is 29.8 Å². The van der Waals surface area contributed by atoms with Crippen LogP contribution in [0.1, 0.15) is 17.2 Å². The van der Waals surface area contributed by atoms with Gasteiger partial charge in [0.15, 0.2) is 0 Å². The summed E-state index contributed by atoms with van der Waals surface area (Å²) in [5.41, 5.74) is 1.97. The molecule has 0 aliphatic carbocycles. The monoisotopic (exact) mass is 290 g/mol. The number of rotatable bonds is 3. The van der Waals surface area contributed by atoms with E-state index >= 15 is 0 Å². The van der Waals surface area contributed by atoms with Crippen molar-refractivity contribution in [2.75, 3.05) is 0 Å². The number of hydrogen-bond acceptors (Lipinski definition) is 2. The van der Waals surface area contributed by atoms with Gasteiger partial charge in [-0.25, -0.2) is 4.39 Å². The average molecular weight is 291 g/mol. The van der Waals surface area contributed by atoms with Crippen LogP contribution in [-0.2, 0) is 6.42 Å². The fraction of sp³-hybridized carbons (Fsp3) is 0.125. The molecule has 0 fully saturated rings. The maximum atomic E-state index is 13.2. The fourth-order valence-electron chi connectivity index (χ4n) is 2.27. The van der Waals surface area contributed by atoms with E-state index in [1.807, 2.05) is 24.3 Å². The molecule has 1 N–H and O–H groups in total. The van der Waals surface area contributed by atoms with Crippen molar-refractivity contribution in [1.29, 1.82) is 0 Å². The minimum atomic E-state index is -0.794. The molecule has 2 nitrogen and oxygen atoms in total. The molecular weight excluding hydrogens is 279 g/mol. The van der Waals surface area contributed by atoms with Crippen molar-refractivity contribution in [3.63, 3.8) is 0 Å². The van der Waals surface area contributed by atoms with Crippen molar-refractivity contribution in [1.82, 2.24) is 0 Å².